The summed E-state index contributed by atoms with van der Waals surface area (Å²) in [5.74, 6) is 0.973. The molecular weight excluding hydrogens is 288 g/mol. The summed E-state index contributed by atoms with van der Waals surface area (Å²) < 4.78 is 5.15. The molecule has 1 aromatic carbocycles. The summed E-state index contributed by atoms with van der Waals surface area (Å²) in [7, 11) is 1.66. The number of hydrogen-bond donors (Lipinski definition) is 0. The van der Waals surface area contributed by atoms with Gasteiger partial charge in [-0.3, -0.25) is 4.79 Å². The molecular formula is C19H26N2O2. The molecule has 0 saturated carbocycles. The highest BCUT2D eigenvalue weighted by atomic mass is 16.5. The molecule has 1 atom stereocenters. The molecule has 0 aromatic heterocycles. The van der Waals surface area contributed by atoms with Crippen LogP contribution in [-0.2, 0) is 4.79 Å². The van der Waals surface area contributed by atoms with Crippen LogP contribution in [0.4, 0.5) is 0 Å². The Hall–Kier alpha value is -1.81. The molecule has 3 rings (SSSR count). The minimum Gasteiger partial charge on any atom is -0.497 e. The molecule has 2 aliphatic heterocycles. The van der Waals surface area contributed by atoms with Gasteiger partial charge < -0.3 is 14.5 Å². The lowest BCUT2D eigenvalue weighted by atomic mass is 10.2. The molecule has 0 radical (unpaired) electrons. The van der Waals surface area contributed by atoms with Crippen molar-refractivity contribution in [3.63, 3.8) is 0 Å². The molecule has 0 bridgehead atoms. The average Bonchev–Trinajstić information content (AvgIpc) is 3.25. The quantitative estimate of drug-likeness (QED) is 0.784. The summed E-state index contributed by atoms with van der Waals surface area (Å²) in [6.07, 6.45) is 8.48. The topological polar surface area (TPSA) is 32.8 Å². The standard InChI is InChI=1S/C19H26N2O2/c1-23-18-9-6-16(7-10-18)8-11-19(22)21-14-4-5-17(21)15-20-12-2-3-13-20/h6-11,17H,2-5,12-15H2,1H3/b11-8+. The Morgan fingerprint density at radius 1 is 1.17 bits per heavy atom. The van der Waals surface area contributed by atoms with E-state index < -0.39 is 0 Å². The molecule has 2 aliphatic rings. The molecule has 0 spiro atoms. The zero-order valence-corrected chi connectivity index (χ0v) is 13.9. The van der Waals surface area contributed by atoms with Crippen LogP contribution >= 0.6 is 0 Å². The fourth-order valence-corrected chi connectivity index (χ4v) is 3.56. The van der Waals surface area contributed by atoms with Crippen LogP contribution in [0.1, 0.15) is 31.2 Å². The van der Waals surface area contributed by atoms with Crippen LogP contribution < -0.4 is 4.74 Å². The number of rotatable bonds is 5. The van der Waals surface area contributed by atoms with Crippen molar-refractivity contribution in [1.82, 2.24) is 9.80 Å². The first-order valence-corrected chi connectivity index (χ1v) is 8.61. The highest BCUT2D eigenvalue weighted by molar-refractivity contribution is 5.92. The van der Waals surface area contributed by atoms with Gasteiger partial charge in [-0.2, -0.15) is 0 Å². The van der Waals surface area contributed by atoms with Crippen LogP contribution in [-0.4, -0.2) is 55.0 Å². The fraction of sp³-hybridized carbons (Fsp3) is 0.526. The molecule has 4 nitrogen and oxygen atoms in total. The molecule has 2 heterocycles. The summed E-state index contributed by atoms with van der Waals surface area (Å²) in [6, 6.07) is 8.15. The Balaban J connectivity index is 1.58. The zero-order valence-electron chi connectivity index (χ0n) is 13.9. The van der Waals surface area contributed by atoms with Crippen molar-refractivity contribution in [3.8, 4) is 5.75 Å². The fourth-order valence-electron chi connectivity index (χ4n) is 3.56. The first kappa shape index (κ1) is 16.1. The molecule has 2 saturated heterocycles. The van der Waals surface area contributed by atoms with E-state index in [2.05, 4.69) is 9.80 Å². The number of nitrogens with zero attached hydrogens (tertiary/aromatic N) is 2. The van der Waals surface area contributed by atoms with E-state index in [1.54, 1.807) is 13.2 Å². The van der Waals surface area contributed by atoms with Gasteiger partial charge in [0.15, 0.2) is 0 Å². The summed E-state index contributed by atoms with van der Waals surface area (Å²) in [6.45, 7) is 4.33. The Morgan fingerprint density at radius 3 is 2.61 bits per heavy atom. The summed E-state index contributed by atoms with van der Waals surface area (Å²) in [5, 5.41) is 0. The number of benzene rings is 1. The van der Waals surface area contributed by atoms with Crippen LogP contribution in [0.2, 0.25) is 0 Å². The van der Waals surface area contributed by atoms with Crippen LogP contribution in [0.5, 0.6) is 5.75 Å². The van der Waals surface area contributed by atoms with Crippen molar-refractivity contribution in [2.24, 2.45) is 0 Å². The van der Waals surface area contributed by atoms with Gasteiger partial charge in [0.2, 0.25) is 5.91 Å². The van der Waals surface area contributed by atoms with Crippen LogP contribution in [0.3, 0.4) is 0 Å². The molecule has 4 heteroatoms. The van der Waals surface area contributed by atoms with E-state index in [0.29, 0.717) is 6.04 Å². The van der Waals surface area contributed by atoms with Crippen molar-refractivity contribution < 1.29 is 9.53 Å². The smallest absolute Gasteiger partial charge is 0.246 e. The highest BCUT2D eigenvalue weighted by Crippen LogP contribution is 2.21. The predicted octanol–water partition coefficient (Wildman–Crippen LogP) is 2.80. The predicted molar refractivity (Wildman–Crippen MR) is 92.4 cm³/mol. The minimum absolute atomic E-state index is 0.141. The summed E-state index contributed by atoms with van der Waals surface area (Å²) >= 11 is 0. The number of carbonyl (C=O) groups excluding carboxylic acids is 1. The second kappa shape index (κ2) is 7.64. The average molecular weight is 314 g/mol. The SMILES string of the molecule is COc1ccc(/C=C/C(=O)N2CCCC2CN2CCCC2)cc1. The van der Waals surface area contributed by atoms with Gasteiger partial charge in [-0.05, 0) is 62.5 Å². The Bertz CT molecular complexity index is 547. The Kier molecular flexibility index (Phi) is 5.34. The van der Waals surface area contributed by atoms with E-state index in [9.17, 15) is 4.79 Å². The van der Waals surface area contributed by atoms with Crippen molar-refractivity contribution in [3.05, 3.63) is 35.9 Å². The van der Waals surface area contributed by atoms with E-state index in [4.69, 9.17) is 4.74 Å². The summed E-state index contributed by atoms with van der Waals surface area (Å²) in [4.78, 5) is 17.1. The van der Waals surface area contributed by atoms with E-state index in [1.165, 1.54) is 25.9 Å². The van der Waals surface area contributed by atoms with E-state index >= 15 is 0 Å². The molecule has 23 heavy (non-hydrogen) atoms. The number of hydrogen-bond acceptors (Lipinski definition) is 3. The van der Waals surface area contributed by atoms with Gasteiger partial charge in [-0.15, -0.1) is 0 Å². The van der Waals surface area contributed by atoms with Gasteiger partial charge in [0.25, 0.3) is 0 Å². The molecule has 1 unspecified atom stereocenters. The lowest BCUT2D eigenvalue weighted by molar-refractivity contribution is -0.127. The van der Waals surface area contributed by atoms with Gasteiger partial charge in [0.1, 0.15) is 5.75 Å². The number of amides is 1. The highest BCUT2D eigenvalue weighted by Gasteiger charge is 2.29. The van der Waals surface area contributed by atoms with E-state index in [-0.39, 0.29) is 5.91 Å². The lowest BCUT2D eigenvalue weighted by Crippen LogP contribution is -2.41. The van der Waals surface area contributed by atoms with Crippen LogP contribution in [0.25, 0.3) is 6.08 Å². The first-order valence-electron chi connectivity index (χ1n) is 8.61. The van der Waals surface area contributed by atoms with Crippen molar-refractivity contribution >= 4 is 12.0 Å². The number of methoxy groups -OCH3 is 1. The normalized spacial score (nSPS) is 22.1. The van der Waals surface area contributed by atoms with Gasteiger partial charge in [-0.1, -0.05) is 12.1 Å². The Labute approximate surface area is 138 Å². The maximum absolute atomic E-state index is 12.5. The molecule has 124 valence electrons. The molecule has 0 aliphatic carbocycles. The molecule has 1 aromatic rings. The number of likely N-dealkylation sites (tertiary alicyclic amines) is 2. The van der Waals surface area contributed by atoms with Gasteiger partial charge >= 0.3 is 0 Å². The van der Waals surface area contributed by atoms with E-state index in [1.807, 2.05) is 30.3 Å². The van der Waals surface area contributed by atoms with Crippen LogP contribution in [0.15, 0.2) is 30.3 Å². The maximum Gasteiger partial charge on any atom is 0.246 e. The molecule has 1 amide bonds. The third-order valence-corrected chi connectivity index (χ3v) is 4.86. The van der Waals surface area contributed by atoms with Crippen molar-refractivity contribution in [1.29, 1.82) is 0 Å². The van der Waals surface area contributed by atoms with E-state index in [0.717, 1.165) is 37.2 Å². The molecule has 2 fully saturated rings. The minimum atomic E-state index is 0.141. The second-order valence-electron chi connectivity index (χ2n) is 6.44. The lowest BCUT2D eigenvalue weighted by Gasteiger charge is -2.27. The second-order valence-corrected chi connectivity index (χ2v) is 6.44. The van der Waals surface area contributed by atoms with Gasteiger partial charge in [-0.25, -0.2) is 0 Å². The number of ether oxygens (including phenoxy) is 1. The Morgan fingerprint density at radius 2 is 1.91 bits per heavy atom. The van der Waals surface area contributed by atoms with Gasteiger partial charge in [0, 0.05) is 25.2 Å². The van der Waals surface area contributed by atoms with Crippen molar-refractivity contribution in [2.45, 2.75) is 31.7 Å². The van der Waals surface area contributed by atoms with Crippen molar-refractivity contribution in [2.75, 3.05) is 33.3 Å². The summed E-state index contributed by atoms with van der Waals surface area (Å²) in [5.41, 5.74) is 1.02. The maximum atomic E-state index is 12.5. The monoisotopic (exact) mass is 314 g/mol. The third kappa shape index (κ3) is 4.14. The third-order valence-electron chi connectivity index (χ3n) is 4.86. The first-order chi connectivity index (χ1) is 11.3. The largest absolute Gasteiger partial charge is 0.497 e. The number of carbonyl (C=O) groups is 1. The van der Waals surface area contributed by atoms with Gasteiger partial charge in [0.05, 0.1) is 7.11 Å². The molecule has 0 N–H and O–H groups in total. The zero-order chi connectivity index (χ0) is 16.1. The van der Waals surface area contributed by atoms with Crippen LogP contribution in [0, 0.1) is 0 Å².